The molecule has 0 fully saturated rings. The van der Waals surface area contributed by atoms with Crippen LogP contribution in [0.1, 0.15) is 31.0 Å². The maximum Gasteiger partial charge on any atom is 0.127 e. The fourth-order valence-electron chi connectivity index (χ4n) is 2.11. The number of methoxy groups -OCH3 is 1. The number of aliphatic imine (C=N–C) groups is 1. The van der Waals surface area contributed by atoms with Crippen LogP contribution in [0.5, 0.6) is 5.75 Å². The fourth-order valence-corrected chi connectivity index (χ4v) is 2.11. The van der Waals surface area contributed by atoms with Crippen molar-refractivity contribution in [1.29, 1.82) is 0 Å². The van der Waals surface area contributed by atoms with Gasteiger partial charge in [-0.05, 0) is 31.5 Å². The van der Waals surface area contributed by atoms with Gasteiger partial charge in [0, 0.05) is 11.3 Å². The molecule has 0 spiro atoms. The lowest BCUT2D eigenvalue weighted by atomic mass is 10.1. The molecule has 2 rings (SSSR count). The quantitative estimate of drug-likeness (QED) is 0.746. The SMILES string of the molecule is COc1ccccc1C(C)=N[C@@H](C)c1ccccc1. The smallest absolute Gasteiger partial charge is 0.127 e. The Morgan fingerprint density at radius 1 is 1.00 bits per heavy atom. The van der Waals surface area contributed by atoms with E-state index in [0.29, 0.717) is 0 Å². The highest BCUT2D eigenvalue weighted by atomic mass is 16.5. The van der Waals surface area contributed by atoms with Gasteiger partial charge >= 0.3 is 0 Å². The predicted octanol–water partition coefficient (Wildman–Crippen LogP) is 4.27. The Bertz CT molecular complexity index is 560. The fraction of sp³-hybridized carbons (Fsp3) is 0.235. The molecular formula is C17H19NO. The molecule has 0 bridgehead atoms. The molecule has 2 aromatic rings. The van der Waals surface area contributed by atoms with Crippen molar-refractivity contribution in [2.75, 3.05) is 7.11 Å². The van der Waals surface area contributed by atoms with Gasteiger partial charge in [-0.15, -0.1) is 0 Å². The van der Waals surface area contributed by atoms with Crippen LogP contribution in [0.25, 0.3) is 0 Å². The molecule has 2 aromatic carbocycles. The third kappa shape index (κ3) is 3.22. The van der Waals surface area contributed by atoms with E-state index in [2.05, 4.69) is 19.1 Å². The third-order valence-corrected chi connectivity index (χ3v) is 3.17. The average molecular weight is 253 g/mol. The lowest BCUT2D eigenvalue weighted by molar-refractivity contribution is 0.414. The van der Waals surface area contributed by atoms with Crippen LogP contribution < -0.4 is 4.74 Å². The van der Waals surface area contributed by atoms with Gasteiger partial charge in [-0.25, -0.2) is 0 Å². The molecule has 0 aliphatic heterocycles. The van der Waals surface area contributed by atoms with Crippen molar-refractivity contribution in [1.82, 2.24) is 0 Å². The third-order valence-electron chi connectivity index (χ3n) is 3.17. The number of benzene rings is 2. The molecule has 0 amide bonds. The van der Waals surface area contributed by atoms with Crippen molar-refractivity contribution in [2.24, 2.45) is 4.99 Å². The van der Waals surface area contributed by atoms with E-state index in [9.17, 15) is 0 Å². The Kier molecular flexibility index (Phi) is 4.35. The van der Waals surface area contributed by atoms with Gasteiger partial charge < -0.3 is 4.74 Å². The molecular weight excluding hydrogens is 234 g/mol. The van der Waals surface area contributed by atoms with E-state index >= 15 is 0 Å². The summed E-state index contributed by atoms with van der Waals surface area (Å²) in [5.41, 5.74) is 3.26. The van der Waals surface area contributed by atoms with E-state index in [4.69, 9.17) is 9.73 Å². The Morgan fingerprint density at radius 2 is 1.63 bits per heavy atom. The largest absolute Gasteiger partial charge is 0.496 e. The van der Waals surface area contributed by atoms with E-state index in [1.54, 1.807) is 7.11 Å². The minimum Gasteiger partial charge on any atom is -0.496 e. The van der Waals surface area contributed by atoms with Crippen molar-refractivity contribution in [3.8, 4) is 5.75 Å². The van der Waals surface area contributed by atoms with Gasteiger partial charge in [0.25, 0.3) is 0 Å². The zero-order valence-corrected chi connectivity index (χ0v) is 11.6. The zero-order chi connectivity index (χ0) is 13.7. The first-order chi connectivity index (χ1) is 9.22. The maximum atomic E-state index is 5.37. The van der Waals surface area contributed by atoms with Gasteiger partial charge in [0.05, 0.1) is 13.2 Å². The van der Waals surface area contributed by atoms with Crippen molar-refractivity contribution < 1.29 is 4.74 Å². The van der Waals surface area contributed by atoms with Crippen molar-refractivity contribution in [3.05, 3.63) is 65.7 Å². The Balaban J connectivity index is 2.28. The molecule has 98 valence electrons. The van der Waals surface area contributed by atoms with E-state index < -0.39 is 0 Å². The number of hydrogen-bond acceptors (Lipinski definition) is 2. The van der Waals surface area contributed by atoms with Gasteiger partial charge in [-0.1, -0.05) is 42.5 Å². The molecule has 0 heterocycles. The number of para-hydroxylation sites is 1. The molecule has 0 N–H and O–H groups in total. The lowest BCUT2D eigenvalue weighted by Gasteiger charge is -2.11. The van der Waals surface area contributed by atoms with Crippen LogP contribution in [0.15, 0.2) is 59.6 Å². The first kappa shape index (κ1) is 13.3. The van der Waals surface area contributed by atoms with Crippen LogP contribution in [0, 0.1) is 0 Å². The van der Waals surface area contributed by atoms with E-state index in [1.807, 2.05) is 49.4 Å². The minimum atomic E-state index is 0.145. The van der Waals surface area contributed by atoms with Gasteiger partial charge in [-0.2, -0.15) is 0 Å². The van der Waals surface area contributed by atoms with Crippen LogP contribution in [0.4, 0.5) is 0 Å². The molecule has 1 atom stereocenters. The summed E-state index contributed by atoms with van der Waals surface area (Å²) in [5, 5.41) is 0. The maximum absolute atomic E-state index is 5.37. The summed E-state index contributed by atoms with van der Waals surface area (Å²) in [6, 6.07) is 18.4. The first-order valence-electron chi connectivity index (χ1n) is 6.45. The summed E-state index contributed by atoms with van der Waals surface area (Å²) in [4.78, 5) is 4.76. The Morgan fingerprint density at radius 3 is 2.32 bits per heavy atom. The highest BCUT2D eigenvalue weighted by molar-refractivity contribution is 6.01. The van der Waals surface area contributed by atoms with Crippen LogP contribution in [-0.2, 0) is 0 Å². The average Bonchev–Trinajstić information content (AvgIpc) is 2.48. The molecule has 2 heteroatoms. The van der Waals surface area contributed by atoms with Gasteiger partial charge in [-0.3, -0.25) is 4.99 Å². The molecule has 0 saturated heterocycles. The summed E-state index contributed by atoms with van der Waals surface area (Å²) >= 11 is 0. The van der Waals surface area contributed by atoms with Crippen LogP contribution >= 0.6 is 0 Å². The normalized spacial score (nSPS) is 13.1. The number of ether oxygens (including phenoxy) is 1. The van der Waals surface area contributed by atoms with Crippen LogP contribution in [0.3, 0.4) is 0 Å². The summed E-state index contributed by atoms with van der Waals surface area (Å²) in [5.74, 6) is 0.865. The monoisotopic (exact) mass is 253 g/mol. The molecule has 0 aliphatic rings. The Labute approximate surface area is 114 Å². The van der Waals surface area contributed by atoms with Crippen molar-refractivity contribution in [3.63, 3.8) is 0 Å². The molecule has 0 aliphatic carbocycles. The van der Waals surface area contributed by atoms with Crippen molar-refractivity contribution in [2.45, 2.75) is 19.9 Å². The lowest BCUT2D eigenvalue weighted by Crippen LogP contribution is -2.01. The number of nitrogens with zero attached hydrogens (tertiary/aromatic N) is 1. The van der Waals surface area contributed by atoms with E-state index in [0.717, 1.165) is 17.0 Å². The minimum absolute atomic E-state index is 0.145. The molecule has 0 saturated carbocycles. The summed E-state index contributed by atoms with van der Waals surface area (Å²) in [6.07, 6.45) is 0. The first-order valence-corrected chi connectivity index (χ1v) is 6.45. The summed E-state index contributed by atoms with van der Waals surface area (Å²) < 4.78 is 5.37. The topological polar surface area (TPSA) is 21.6 Å². The van der Waals surface area contributed by atoms with Gasteiger partial charge in [0.1, 0.15) is 5.75 Å². The Hall–Kier alpha value is -2.09. The molecule has 0 unspecified atom stereocenters. The van der Waals surface area contributed by atoms with E-state index in [-0.39, 0.29) is 6.04 Å². The molecule has 0 radical (unpaired) electrons. The number of rotatable bonds is 4. The van der Waals surface area contributed by atoms with Gasteiger partial charge in [0.15, 0.2) is 0 Å². The molecule has 2 nitrogen and oxygen atoms in total. The molecule has 0 aromatic heterocycles. The van der Waals surface area contributed by atoms with Crippen LogP contribution in [0.2, 0.25) is 0 Å². The second-order valence-corrected chi connectivity index (χ2v) is 4.50. The highest BCUT2D eigenvalue weighted by Gasteiger charge is 2.08. The second-order valence-electron chi connectivity index (χ2n) is 4.50. The van der Waals surface area contributed by atoms with Gasteiger partial charge in [0.2, 0.25) is 0 Å². The predicted molar refractivity (Wildman–Crippen MR) is 80.1 cm³/mol. The zero-order valence-electron chi connectivity index (χ0n) is 11.6. The van der Waals surface area contributed by atoms with E-state index in [1.165, 1.54) is 5.56 Å². The summed E-state index contributed by atoms with van der Waals surface area (Å²) in [7, 11) is 1.69. The number of hydrogen-bond donors (Lipinski definition) is 0. The summed E-state index contributed by atoms with van der Waals surface area (Å²) in [6.45, 7) is 4.13. The highest BCUT2D eigenvalue weighted by Crippen LogP contribution is 2.22. The van der Waals surface area contributed by atoms with Crippen molar-refractivity contribution >= 4 is 5.71 Å². The standard InChI is InChI=1S/C17H19NO/c1-13(15-9-5-4-6-10-15)18-14(2)16-11-7-8-12-17(16)19-3/h4-13H,1-3H3/t13-/m0/s1. The van der Waals surface area contributed by atoms with Crippen LogP contribution in [-0.4, -0.2) is 12.8 Å². The molecule has 19 heavy (non-hydrogen) atoms. The second kappa shape index (κ2) is 6.19.